The van der Waals surface area contributed by atoms with Crippen molar-refractivity contribution in [2.45, 2.75) is 335 Å². The zero-order chi connectivity index (χ0) is 55.7. The first kappa shape index (κ1) is 73.6. The van der Waals surface area contributed by atoms with Crippen molar-refractivity contribution in [2.75, 3.05) is 13.2 Å². The largest absolute Gasteiger partial charge is 0.462 e. The van der Waals surface area contributed by atoms with Gasteiger partial charge in [-0.25, -0.2) is 0 Å². The summed E-state index contributed by atoms with van der Waals surface area (Å²) in [5.74, 6) is -0.879. The van der Waals surface area contributed by atoms with E-state index in [0.29, 0.717) is 19.3 Å². The SMILES string of the molecule is CC/C=C\C/C=C\C/C=C\C/C=C\C/C=C\CCCCCCCCCCCCCCCCCCCCCC(=O)OCC(COC(=O)CCCCCCC)OC(=O)CCCCCCCCCCC/C=C\C/C=C\CCCCC. The molecule has 0 aliphatic heterocycles. The van der Waals surface area contributed by atoms with Crippen molar-refractivity contribution in [3.8, 4) is 0 Å². The van der Waals surface area contributed by atoms with Crippen molar-refractivity contribution in [1.82, 2.24) is 0 Å². The van der Waals surface area contributed by atoms with Gasteiger partial charge in [-0.15, -0.1) is 0 Å². The monoisotopic (exact) mass is 1070 g/mol. The summed E-state index contributed by atoms with van der Waals surface area (Å²) in [6.07, 6.45) is 86.6. The maximum absolute atomic E-state index is 12.8. The van der Waals surface area contributed by atoms with Crippen molar-refractivity contribution in [1.29, 1.82) is 0 Å². The molecule has 0 bridgehead atoms. The lowest BCUT2D eigenvalue weighted by molar-refractivity contribution is -0.167. The molecule has 0 saturated carbocycles. The fourth-order valence-corrected chi connectivity index (χ4v) is 9.44. The van der Waals surface area contributed by atoms with Crippen LogP contribution in [0.1, 0.15) is 329 Å². The van der Waals surface area contributed by atoms with Crippen LogP contribution in [0.5, 0.6) is 0 Å². The molecule has 6 nitrogen and oxygen atoms in total. The zero-order valence-electron chi connectivity index (χ0n) is 51.0. The number of hydrogen-bond donors (Lipinski definition) is 0. The van der Waals surface area contributed by atoms with Gasteiger partial charge in [0.1, 0.15) is 13.2 Å². The van der Waals surface area contributed by atoms with Crippen LogP contribution in [0.25, 0.3) is 0 Å². The van der Waals surface area contributed by atoms with Gasteiger partial charge in [0.15, 0.2) is 6.10 Å². The molecule has 0 aromatic carbocycles. The van der Waals surface area contributed by atoms with Crippen molar-refractivity contribution in [3.63, 3.8) is 0 Å². The lowest BCUT2D eigenvalue weighted by Crippen LogP contribution is -2.30. The minimum atomic E-state index is -0.773. The van der Waals surface area contributed by atoms with Crippen LogP contribution in [0.15, 0.2) is 85.1 Å². The third-order valence-corrected chi connectivity index (χ3v) is 14.4. The smallest absolute Gasteiger partial charge is 0.306 e. The Hall–Kier alpha value is -3.41. The minimum Gasteiger partial charge on any atom is -0.462 e. The van der Waals surface area contributed by atoms with Gasteiger partial charge in [0.25, 0.3) is 0 Å². The second-order valence-corrected chi connectivity index (χ2v) is 22.0. The van der Waals surface area contributed by atoms with Crippen LogP contribution in [0.3, 0.4) is 0 Å². The van der Waals surface area contributed by atoms with Crippen molar-refractivity contribution in [3.05, 3.63) is 85.1 Å². The van der Waals surface area contributed by atoms with Crippen LogP contribution in [0, 0.1) is 0 Å². The van der Waals surface area contributed by atoms with E-state index in [2.05, 4.69) is 106 Å². The Kier molecular flexibility index (Phi) is 62.2. The molecule has 77 heavy (non-hydrogen) atoms. The van der Waals surface area contributed by atoms with Crippen LogP contribution < -0.4 is 0 Å². The molecule has 0 aliphatic carbocycles. The van der Waals surface area contributed by atoms with Crippen molar-refractivity contribution in [2.24, 2.45) is 0 Å². The van der Waals surface area contributed by atoms with E-state index in [1.54, 1.807) is 0 Å². The van der Waals surface area contributed by atoms with Crippen LogP contribution in [0.4, 0.5) is 0 Å². The van der Waals surface area contributed by atoms with Crippen LogP contribution in [-0.4, -0.2) is 37.2 Å². The molecule has 0 fully saturated rings. The molecular formula is C71H124O6. The molecule has 0 aromatic rings. The highest BCUT2D eigenvalue weighted by Gasteiger charge is 2.19. The summed E-state index contributed by atoms with van der Waals surface area (Å²) in [6, 6.07) is 0. The molecule has 1 unspecified atom stereocenters. The van der Waals surface area contributed by atoms with Crippen LogP contribution in [0.2, 0.25) is 0 Å². The summed E-state index contributed by atoms with van der Waals surface area (Å²) in [4.78, 5) is 37.9. The number of hydrogen-bond acceptors (Lipinski definition) is 6. The van der Waals surface area contributed by atoms with Gasteiger partial charge in [0.05, 0.1) is 0 Å². The maximum Gasteiger partial charge on any atom is 0.306 e. The molecule has 0 aliphatic rings. The highest BCUT2D eigenvalue weighted by Crippen LogP contribution is 2.17. The Labute approximate surface area is 477 Å². The standard InChI is InChI=1S/C71H124O6/c1-4-7-10-13-15-17-19-21-23-25-27-28-29-30-31-32-33-34-35-36-37-38-39-40-41-42-44-45-47-49-51-53-55-58-61-64-70(73)76-67-68(66-75-69(72)63-60-57-12-9-6-3)77-71(74)65-62-59-56-54-52-50-48-46-43-26-24-22-20-18-16-14-11-8-5-2/h7,10,15-18,21-24,27-28,30-31,68H,4-6,8-9,11-14,19-20,25-26,29,32-67H2,1-3H3/b10-7-,17-15-,18-16-,23-21-,24-22-,28-27-,31-30-. The van der Waals surface area contributed by atoms with E-state index < -0.39 is 6.10 Å². The predicted molar refractivity (Wildman–Crippen MR) is 334 cm³/mol. The topological polar surface area (TPSA) is 78.9 Å². The number of rotatable bonds is 60. The van der Waals surface area contributed by atoms with Gasteiger partial charge in [-0.1, -0.05) is 298 Å². The lowest BCUT2D eigenvalue weighted by atomic mass is 10.0. The molecule has 0 N–H and O–H groups in total. The Morgan fingerprint density at radius 3 is 0.818 bits per heavy atom. The second-order valence-electron chi connectivity index (χ2n) is 22.0. The van der Waals surface area contributed by atoms with Gasteiger partial charge in [0, 0.05) is 19.3 Å². The number of ether oxygens (including phenoxy) is 3. The van der Waals surface area contributed by atoms with Crippen molar-refractivity contribution < 1.29 is 28.6 Å². The zero-order valence-corrected chi connectivity index (χ0v) is 51.0. The molecule has 0 amide bonds. The molecule has 444 valence electrons. The fraction of sp³-hybridized carbons (Fsp3) is 0.761. The van der Waals surface area contributed by atoms with E-state index in [4.69, 9.17) is 14.2 Å². The third kappa shape index (κ3) is 63.3. The minimum absolute atomic E-state index is 0.0739. The Balaban J connectivity index is 3.92. The quantitative estimate of drug-likeness (QED) is 0.0261. The fourth-order valence-electron chi connectivity index (χ4n) is 9.44. The Morgan fingerprint density at radius 1 is 0.273 bits per heavy atom. The lowest BCUT2D eigenvalue weighted by Gasteiger charge is -2.18. The van der Waals surface area contributed by atoms with Gasteiger partial charge in [-0.3, -0.25) is 14.4 Å². The third-order valence-electron chi connectivity index (χ3n) is 14.4. The summed E-state index contributed by atoms with van der Waals surface area (Å²) in [6.45, 7) is 6.45. The number of allylic oxidation sites excluding steroid dienone is 14. The summed E-state index contributed by atoms with van der Waals surface area (Å²) in [5.41, 5.74) is 0. The molecular weight excluding hydrogens is 949 g/mol. The van der Waals surface area contributed by atoms with E-state index in [0.717, 1.165) is 103 Å². The summed E-state index contributed by atoms with van der Waals surface area (Å²) < 4.78 is 16.8. The molecule has 6 heteroatoms. The maximum atomic E-state index is 12.8. The van der Waals surface area contributed by atoms with Gasteiger partial charge >= 0.3 is 17.9 Å². The summed E-state index contributed by atoms with van der Waals surface area (Å²) in [5, 5.41) is 0. The molecule has 0 saturated heterocycles. The molecule has 0 radical (unpaired) electrons. The van der Waals surface area contributed by atoms with E-state index in [-0.39, 0.29) is 31.1 Å². The molecule has 0 aromatic heterocycles. The first-order chi connectivity index (χ1) is 38.0. The summed E-state index contributed by atoms with van der Waals surface area (Å²) >= 11 is 0. The second kappa shape index (κ2) is 65.1. The molecule has 1 atom stereocenters. The average Bonchev–Trinajstić information content (AvgIpc) is 3.43. The first-order valence-electron chi connectivity index (χ1n) is 33.1. The first-order valence-corrected chi connectivity index (χ1v) is 33.1. The van der Waals surface area contributed by atoms with E-state index >= 15 is 0 Å². The normalized spacial score (nSPS) is 12.6. The highest BCUT2D eigenvalue weighted by molar-refractivity contribution is 5.71. The Morgan fingerprint density at radius 2 is 0.506 bits per heavy atom. The van der Waals surface area contributed by atoms with E-state index in [1.165, 1.54) is 186 Å². The summed E-state index contributed by atoms with van der Waals surface area (Å²) in [7, 11) is 0. The molecule has 0 heterocycles. The predicted octanol–water partition coefficient (Wildman–Crippen LogP) is 22.7. The highest BCUT2D eigenvalue weighted by atomic mass is 16.6. The van der Waals surface area contributed by atoms with Gasteiger partial charge in [-0.2, -0.15) is 0 Å². The van der Waals surface area contributed by atoms with Crippen LogP contribution >= 0.6 is 0 Å². The number of esters is 3. The van der Waals surface area contributed by atoms with Gasteiger partial charge in [0.2, 0.25) is 0 Å². The van der Waals surface area contributed by atoms with Gasteiger partial charge < -0.3 is 14.2 Å². The van der Waals surface area contributed by atoms with Gasteiger partial charge in [-0.05, 0) is 96.3 Å². The van der Waals surface area contributed by atoms with Crippen molar-refractivity contribution >= 4 is 17.9 Å². The number of carbonyl (C=O) groups is 3. The molecule has 0 rings (SSSR count). The van der Waals surface area contributed by atoms with E-state index in [1.807, 2.05) is 0 Å². The average molecular weight is 1070 g/mol. The Bertz CT molecular complexity index is 1470. The number of carbonyl (C=O) groups excluding carboxylic acids is 3. The number of unbranched alkanes of at least 4 members (excludes halogenated alkanes) is 35. The molecule has 0 spiro atoms. The van der Waals surface area contributed by atoms with E-state index in [9.17, 15) is 14.4 Å². The van der Waals surface area contributed by atoms with Crippen LogP contribution in [-0.2, 0) is 28.6 Å².